The molecule has 0 radical (unpaired) electrons. The van der Waals surface area contributed by atoms with Crippen molar-refractivity contribution in [2.75, 3.05) is 6.61 Å². The Morgan fingerprint density at radius 1 is 1.14 bits per heavy atom. The van der Waals surface area contributed by atoms with Crippen LogP contribution in [0.25, 0.3) is 11.3 Å². The molecular formula is C28H21FN4O4. The first-order valence-electron chi connectivity index (χ1n) is 11.5. The first-order valence-corrected chi connectivity index (χ1v) is 11.5. The number of halogens is 1. The second-order valence-corrected chi connectivity index (χ2v) is 8.14. The summed E-state index contributed by atoms with van der Waals surface area (Å²) in [5.74, 6) is -1.04. The number of nitrogens with zero attached hydrogens (tertiary/aromatic N) is 2. The summed E-state index contributed by atoms with van der Waals surface area (Å²) in [6.07, 6.45) is 0. The van der Waals surface area contributed by atoms with Gasteiger partial charge in [-0.15, -0.1) is 5.10 Å². The van der Waals surface area contributed by atoms with Crippen LogP contribution in [0.5, 0.6) is 17.4 Å². The SMILES string of the molecule is CCOc1cc(C2C(C#N)=C(N)Oc3n[nH]c(-c4ccccc4)c32)ccc1OC(=O)c1ccc(F)cc1. The minimum absolute atomic E-state index is 0.0455. The number of H-pyrrole nitrogens is 1. The number of ether oxygens (including phenoxy) is 3. The fourth-order valence-electron chi connectivity index (χ4n) is 4.20. The molecule has 184 valence electrons. The Balaban J connectivity index is 1.58. The average molecular weight is 496 g/mol. The highest BCUT2D eigenvalue weighted by atomic mass is 19.1. The molecule has 37 heavy (non-hydrogen) atoms. The van der Waals surface area contributed by atoms with Crippen molar-refractivity contribution in [3.63, 3.8) is 0 Å². The molecule has 0 spiro atoms. The monoisotopic (exact) mass is 496 g/mol. The van der Waals surface area contributed by atoms with Gasteiger partial charge in [0.2, 0.25) is 11.8 Å². The van der Waals surface area contributed by atoms with Crippen LogP contribution in [-0.4, -0.2) is 22.8 Å². The molecule has 1 aliphatic heterocycles. The number of allylic oxidation sites excluding steroid dienone is 1. The molecule has 3 aromatic carbocycles. The molecule has 1 unspecified atom stereocenters. The van der Waals surface area contributed by atoms with Crippen LogP contribution in [0.15, 0.2) is 84.3 Å². The molecule has 9 heteroatoms. The lowest BCUT2D eigenvalue weighted by molar-refractivity contribution is 0.0728. The molecule has 0 saturated carbocycles. The minimum Gasteiger partial charge on any atom is -0.490 e. The molecule has 0 bridgehead atoms. The zero-order valence-corrected chi connectivity index (χ0v) is 19.7. The summed E-state index contributed by atoms with van der Waals surface area (Å²) >= 11 is 0. The molecule has 4 aromatic rings. The molecular weight excluding hydrogens is 475 g/mol. The highest BCUT2D eigenvalue weighted by Gasteiger charge is 2.36. The van der Waals surface area contributed by atoms with Crippen LogP contribution in [0, 0.1) is 17.1 Å². The number of carbonyl (C=O) groups is 1. The number of nitriles is 1. The topological polar surface area (TPSA) is 123 Å². The summed E-state index contributed by atoms with van der Waals surface area (Å²) < 4.78 is 30.3. The van der Waals surface area contributed by atoms with Crippen LogP contribution in [0.3, 0.4) is 0 Å². The van der Waals surface area contributed by atoms with E-state index >= 15 is 0 Å². The number of hydrogen-bond donors (Lipinski definition) is 2. The van der Waals surface area contributed by atoms with Crippen molar-refractivity contribution in [3.8, 4) is 34.7 Å². The van der Waals surface area contributed by atoms with Gasteiger partial charge in [0.1, 0.15) is 17.5 Å². The lowest BCUT2D eigenvalue weighted by atomic mass is 9.83. The van der Waals surface area contributed by atoms with E-state index in [1.54, 1.807) is 25.1 Å². The standard InChI is InChI=1S/C28H21FN4O4/c1-2-35-22-14-18(10-13-21(22)36-28(34)17-8-11-19(29)12-9-17)23-20(15-30)26(31)37-27-24(23)25(32-33-27)16-6-4-3-5-7-16/h3-14,23H,2,31H2,1H3,(H,32,33). The van der Waals surface area contributed by atoms with E-state index in [0.717, 1.165) is 5.56 Å². The highest BCUT2D eigenvalue weighted by molar-refractivity contribution is 5.91. The lowest BCUT2D eigenvalue weighted by Crippen LogP contribution is -2.21. The number of aromatic nitrogens is 2. The molecule has 0 aliphatic carbocycles. The number of carbonyl (C=O) groups excluding carboxylic acids is 1. The Morgan fingerprint density at radius 3 is 2.59 bits per heavy atom. The van der Waals surface area contributed by atoms with Crippen molar-refractivity contribution in [2.45, 2.75) is 12.8 Å². The van der Waals surface area contributed by atoms with Crippen molar-refractivity contribution in [3.05, 3.63) is 107 Å². The van der Waals surface area contributed by atoms with Gasteiger partial charge in [-0.1, -0.05) is 36.4 Å². The largest absolute Gasteiger partial charge is 0.490 e. The third-order valence-electron chi connectivity index (χ3n) is 5.88. The van der Waals surface area contributed by atoms with Crippen molar-refractivity contribution in [1.29, 1.82) is 5.26 Å². The van der Waals surface area contributed by atoms with Gasteiger partial charge in [-0.05, 0) is 54.4 Å². The average Bonchev–Trinajstić information content (AvgIpc) is 3.33. The third kappa shape index (κ3) is 4.48. The second-order valence-electron chi connectivity index (χ2n) is 8.14. The fraction of sp³-hybridized carbons (Fsp3) is 0.107. The Hall–Kier alpha value is -5.10. The smallest absolute Gasteiger partial charge is 0.343 e. The summed E-state index contributed by atoms with van der Waals surface area (Å²) in [4.78, 5) is 12.6. The Kier molecular flexibility index (Phi) is 6.31. The van der Waals surface area contributed by atoms with E-state index in [1.807, 2.05) is 30.3 Å². The molecule has 0 saturated heterocycles. The van der Waals surface area contributed by atoms with Crippen LogP contribution in [0.2, 0.25) is 0 Å². The minimum atomic E-state index is -0.662. The molecule has 1 aliphatic rings. The Morgan fingerprint density at radius 2 is 1.89 bits per heavy atom. The van der Waals surface area contributed by atoms with Gasteiger partial charge in [0.25, 0.3) is 0 Å². The van der Waals surface area contributed by atoms with E-state index in [-0.39, 0.29) is 28.6 Å². The maximum Gasteiger partial charge on any atom is 0.343 e. The van der Waals surface area contributed by atoms with E-state index in [2.05, 4.69) is 16.3 Å². The molecule has 5 rings (SSSR count). The van der Waals surface area contributed by atoms with Crippen LogP contribution in [0.4, 0.5) is 4.39 Å². The first-order chi connectivity index (χ1) is 18.0. The first kappa shape index (κ1) is 23.6. The number of nitrogens with one attached hydrogen (secondary N) is 1. The number of nitrogens with two attached hydrogens (primary N) is 1. The van der Waals surface area contributed by atoms with Crippen LogP contribution < -0.4 is 19.9 Å². The molecule has 1 atom stereocenters. The maximum atomic E-state index is 13.2. The van der Waals surface area contributed by atoms with Crippen LogP contribution >= 0.6 is 0 Å². The number of hydrogen-bond acceptors (Lipinski definition) is 7. The third-order valence-corrected chi connectivity index (χ3v) is 5.88. The van der Waals surface area contributed by atoms with Gasteiger partial charge in [0.15, 0.2) is 11.5 Å². The molecule has 3 N–H and O–H groups in total. The highest BCUT2D eigenvalue weighted by Crippen LogP contribution is 2.47. The van der Waals surface area contributed by atoms with E-state index in [9.17, 15) is 14.4 Å². The molecule has 0 fully saturated rings. The normalized spacial score (nSPS) is 14.4. The summed E-state index contributed by atoms with van der Waals surface area (Å²) in [5, 5.41) is 17.3. The lowest BCUT2D eigenvalue weighted by Gasteiger charge is -2.25. The zero-order valence-electron chi connectivity index (χ0n) is 19.7. The van der Waals surface area contributed by atoms with E-state index in [1.165, 1.54) is 24.3 Å². The maximum absolute atomic E-state index is 13.2. The number of fused-ring (bicyclic) bond motifs is 1. The Labute approximate surface area is 211 Å². The van der Waals surface area contributed by atoms with Gasteiger partial charge in [-0.2, -0.15) is 5.26 Å². The summed E-state index contributed by atoms with van der Waals surface area (Å²) in [6.45, 7) is 2.10. The van der Waals surface area contributed by atoms with Crippen molar-refractivity contribution in [1.82, 2.24) is 10.2 Å². The van der Waals surface area contributed by atoms with Crippen molar-refractivity contribution >= 4 is 5.97 Å². The molecule has 2 heterocycles. The van der Waals surface area contributed by atoms with Gasteiger partial charge in [0, 0.05) is 0 Å². The number of benzene rings is 3. The Bertz CT molecular complexity index is 1540. The summed E-state index contributed by atoms with van der Waals surface area (Å²) in [6, 6.07) is 21.8. The van der Waals surface area contributed by atoms with Crippen molar-refractivity contribution < 1.29 is 23.4 Å². The van der Waals surface area contributed by atoms with E-state index in [0.29, 0.717) is 29.2 Å². The molecule has 0 amide bonds. The van der Waals surface area contributed by atoms with Gasteiger partial charge in [-0.25, -0.2) is 9.18 Å². The predicted octanol–water partition coefficient (Wildman–Crippen LogP) is 5.05. The second kappa shape index (κ2) is 9.87. The predicted molar refractivity (Wildman–Crippen MR) is 132 cm³/mol. The summed E-state index contributed by atoms with van der Waals surface area (Å²) in [5.41, 5.74) is 9.36. The fourth-order valence-corrected chi connectivity index (χ4v) is 4.20. The van der Waals surface area contributed by atoms with Crippen LogP contribution in [0.1, 0.15) is 34.3 Å². The van der Waals surface area contributed by atoms with E-state index in [4.69, 9.17) is 19.9 Å². The van der Waals surface area contributed by atoms with Gasteiger partial charge in [-0.3, -0.25) is 5.10 Å². The van der Waals surface area contributed by atoms with Crippen LogP contribution in [-0.2, 0) is 0 Å². The van der Waals surface area contributed by atoms with Crippen molar-refractivity contribution in [2.24, 2.45) is 5.73 Å². The van der Waals surface area contributed by atoms with E-state index < -0.39 is 17.7 Å². The number of esters is 1. The van der Waals surface area contributed by atoms with Gasteiger partial charge in [0.05, 0.1) is 29.3 Å². The number of aromatic amines is 1. The molecule has 1 aromatic heterocycles. The van der Waals surface area contributed by atoms with Gasteiger partial charge < -0.3 is 19.9 Å². The quantitative estimate of drug-likeness (QED) is 0.283. The molecule has 8 nitrogen and oxygen atoms in total. The zero-order chi connectivity index (χ0) is 25.9. The van der Waals surface area contributed by atoms with Gasteiger partial charge >= 0.3 is 5.97 Å². The number of rotatable bonds is 6. The summed E-state index contributed by atoms with van der Waals surface area (Å²) in [7, 11) is 0.